The number of aryl methyl sites for hydroxylation is 1. The van der Waals surface area contributed by atoms with Crippen molar-refractivity contribution < 1.29 is 0 Å². The molecule has 102 valence electrons. The number of anilines is 2. The predicted octanol–water partition coefficient (Wildman–Crippen LogP) is 3.45. The molecule has 2 N–H and O–H groups in total. The maximum Gasteiger partial charge on any atom is 0.132 e. The minimum absolute atomic E-state index is 0.447. The van der Waals surface area contributed by atoms with Crippen molar-refractivity contribution in [3.05, 3.63) is 11.9 Å². The lowest BCUT2D eigenvalue weighted by Crippen LogP contribution is -2.17. The van der Waals surface area contributed by atoms with Gasteiger partial charge in [0.05, 0.1) is 0 Å². The first-order valence-electron chi connectivity index (χ1n) is 6.81. The zero-order valence-electron chi connectivity index (χ0n) is 12.2. The highest BCUT2D eigenvalue weighted by molar-refractivity contribution is 5.47. The molecule has 0 bridgehead atoms. The Kier molecular flexibility index (Phi) is 5.89. The quantitative estimate of drug-likeness (QED) is 0.778. The molecule has 1 heterocycles. The van der Waals surface area contributed by atoms with Gasteiger partial charge in [-0.25, -0.2) is 9.97 Å². The summed E-state index contributed by atoms with van der Waals surface area (Å²) in [5.41, 5.74) is 0. The van der Waals surface area contributed by atoms with Gasteiger partial charge < -0.3 is 10.6 Å². The van der Waals surface area contributed by atoms with Crippen LogP contribution in [0, 0.1) is 12.8 Å². The van der Waals surface area contributed by atoms with Gasteiger partial charge in [-0.2, -0.15) is 0 Å². The zero-order chi connectivity index (χ0) is 13.5. The SMILES string of the molecule is CNc1cc(NC(C)CCCC(C)C)nc(C)n1. The summed E-state index contributed by atoms with van der Waals surface area (Å²) in [5.74, 6) is 3.34. The third-order valence-electron chi connectivity index (χ3n) is 2.91. The highest BCUT2D eigenvalue weighted by Gasteiger charge is 2.06. The summed E-state index contributed by atoms with van der Waals surface area (Å²) in [6.07, 6.45) is 3.72. The summed E-state index contributed by atoms with van der Waals surface area (Å²) < 4.78 is 0. The zero-order valence-corrected chi connectivity index (χ0v) is 12.2. The molecule has 1 atom stereocenters. The summed E-state index contributed by atoms with van der Waals surface area (Å²) in [6, 6.07) is 2.40. The number of hydrogen-bond acceptors (Lipinski definition) is 4. The molecule has 1 aromatic heterocycles. The van der Waals surface area contributed by atoms with Gasteiger partial charge in [-0.05, 0) is 26.2 Å². The van der Waals surface area contributed by atoms with Crippen molar-refractivity contribution in [2.75, 3.05) is 17.7 Å². The molecular formula is C14H26N4. The molecule has 4 heteroatoms. The van der Waals surface area contributed by atoms with Gasteiger partial charge in [-0.15, -0.1) is 0 Å². The normalized spacial score (nSPS) is 12.6. The van der Waals surface area contributed by atoms with Crippen LogP contribution in [0.25, 0.3) is 0 Å². The van der Waals surface area contributed by atoms with E-state index < -0.39 is 0 Å². The second-order valence-electron chi connectivity index (χ2n) is 5.31. The Labute approximate surface area is 111 Å². The van der Waals surface area contributed by atoms with E-state index in [-0.39, 0.29) is 0 Å². The lowest BCUT2D eigenvalue weighted by Gasteiger charge is -2.16. The van der Waals surface area contributed by atoms with E-state index in [4.69, 9.17) is 0 Å². The Morgan fingerprint density at radius 1 is 1.11 bits per heavy atom. The Morgan fingerprint density at radius 3 is 2.39 bits per heavy atom. The van der Waals surface area contributed by atoms with Crippen LogP contribution in [-0.2, 0) is 0 Å². The molecule has 1 rings (SSSR count). The molecule has 4 nitrogen and oxygen atoms in total. The topological polar surface area (TPSA) is 49.8 Å². The molecule has 1 unspecified atom stereocenters. The van der Waals surface area contributed by atoms with Gasteiger partial charge >= 0.3 is 0 Å². The first-order chi connectivity index (χ1) is 8.51. The molecule has 0 saturated carbocycles. The van der Waals surface area contributed by atoms with Crippen LogP contribution in [0.2, 0.25) is 0 Å². The fraction of sp³-hybridized carbons (Fsp3) is 0.714. The van der Waals surface area contributed by atoms with Crippen LogP contribution in [0.1, 0.15) is 45.9 Å². The van der Waals surface area contributed by atoms with Gasteiger partial charge in [-0.3, -0.25) is 0 Å². The van der Waals surface area contributed by atoms with E-state index >= 15 is 0 Å². The van der Waals surface area contributed by atoms with Crippen molar-refractivity contribution >= 4 is 11.6 Å². The van der Waals surface area contributed by atoms with Gasteiger partial charge in [0.2, 0.25) is 0 Å². The molecule has 0 aliphatic carbocycles. The summed E-state index contributed by atoms with van der Waals surface area (Å²) in [6.45, 7) is 8.66. The van der Waals surface area contributed by atoms with E-state index in [1.165, 1.54) is 19.3 Å². The Bertz CT molecular complexity index is 363. The molecule has 0 spiro atoms. The smallest absolute Gasteiger partial charge is 0.132 e. The molecule has 0 aromatic carbocycles. The van der Waals surface area contributed by atoms with E-state index in [0.29, 0.717) is 6.04 Å². The molecule has 18 heavy (non-hydrogen) atoms. The van der Waals surface area contributed by atoms with E-state index in [0.717, 1.165) is 23.4 Å². The monoisotopic (exact) mass is 250 g/mol. The molecule has 0 aliphatic rings. The molecular weight excluding hydrogens is 224 g/mol. The second-order valence-corrected chi connectivity index (χ2v) is 5.31. The average molecular weight is 250 g/mol. The largest absolute Gasteiger partial charge is 0.373 e. The number of rotatable bonds is 7. The first kappa shape index (κ1) is 14.7. The highest BCUT2D eigenvalue weighted by atomic mass is 15.1. The summed E-state index contributed by atoms with van der Waals surface area (Å²) in [4.78, 5) is 8.69. The van der Waals surface area contributed by atoms with Crippen LogP contribution in [0.5, 0.6) is 0 Å². The van der Waals surface area contributed by atoms with Crippen LogP contribution < -0.4 is 10.6 Å². The first-order valence-corrected chi connectivity index (χ1v) is 6.81. The van der Waals surface area contributed by atoms with Crippen LogP contribution in [0.3, 0.4) is 0 Å². The summed E-state index contributed by atoms with van der Waals surface area (Å²) >= 11 is 0. The van der Waals surface area contributed by atoms with E-state index in [1.54, 1.807) is 0 Å². The minimum Gasteiger partial charge on any atom is -0.373 e. The van der Waals surface area contributed by atoms with Gasteiger partial charge in [-0.1, -0.05) is 26.7 Å². The molecule has 0 fully saturated rings. The number of nitrogens with zero attached hydrogens (tertiary/aromatic N) is 2. The Hall–Kier alpha value is -1.32. The van der Waals surface area contributed by atoms with Crippen LogP contribution in [0.15, 0.2) is 6.07 Å². The lowest BCUT2D eigenvalue weighted by atomic mass is 10.0. The van der Waals surface area contributed by atoms with E-state index in [1.807, 2.05) is 20.0 Å². The van der Waals surface area contributed by atoms with Crippen molar-refractivity contribution in [3.8, 4) is 0 Å². The predicted molar refractivity (Wildman–Crippen MR) is 78.1 cm³/mol. The van der Waals surface area contributed by atoms with Crippen molar-refractivity contribution in [2.45, 2.75) is 53.0 Å². The standard InChI is InChI=1S/C14H26N4/c1-10(2)7-6-8-11(3)16-14-9-13(15-5)17-12(4)18-14/h9-11H,6-8H2,1-5H3,(H2,15,16,17,18). The molecule has 1 aromatic rings. The number of nitrogens with one attached hydrogen (secondary N) is 2. The van der Waals surface area contributed by atoms with Gasteiger partial charge in [0.25, 0.3) is 0 Å². The fourth-order valence-electron chi connectivity index (χ4n) is 1.93. The van der Waals surface area contributed by atoms with Crippen LogP contribution >= 0.6 is 0 Å². The summed E-state index contributed by atoms with van der Waals surface area (Å²) in [5, 5.41) is 6.49. The third-order valence-corrected chi connectivity index (χ3v) is 2.91. The third kappa shape index (κ3) is 5.34. The minimum atomic E-state index is 0.447. The van der Waals surface area contributed by atoms with Crippen LogP contribution in [0.4, 0.5) is 11.6 Å². The highest BCUT2D eigenvalue weighted by Crippen LogP contribution is 2.14. The second kappa shape index (κ2) is 7.19. The van der Waals surface area contributed by atoms with E-state index in [2.05, 4.69) is 41.4 Å². The van der Waals surface area contributed by atoms with E-state index in [9.17, 15) is 0 Å². The van der Waals surface area contributed by atoms with Crippen LogP contribution in [-0.4, -0.2) is 23.1 Å². The molecule has 0 amide bonds. The van der Waals surface area contributed by atoms with Gasteiger partial charge in [0.15, 0.2) is 0 Å². The molecule has 0 saturated heterocycles. The Balaban J connectivity index is 2.48. The fourth-order valence-corrected chi connectivity index (χ4v) is 1.93. The average Bonchev–Trinajstić information content (AvgIpc) is 2.27. The lowest BCUT2D eigenvalue weighted by molar-refractivity contribution is 0.520. The van der Waals surface area contributed by atoms with Crippen molar-refractivity contribution in [1.82, 2.24) is 9.97 Å². The maximum atomic E-state index is 4.40. The number of aromatic nitrogens is 2. The molecule has 0 radical (unpaired) electrons. The molecule has 0 aliphatic heterocycles. The van der Waals surface area contributed by atoms with Crippen molar-refractivity contribution in [1.29, 1.82) is 0 Å². The number of hydrogen-bond donors (Lipinski definition) is 2. The van der Waals surface area contributed by atoms with Crippen molar-refractivity contribution in [2.24, 2.45) is 5.92 Å². The Morgan fingerprint density at radius 2 is 1.78 bits per heavy atom. The van der Waals surface area contributed by atoms with Crippen molar-refractivity contribution in [3.63, 3.8) is 0 Å². The summed E-state index contributed by atoms with van der Waals surface area (Å²) in [7, 11) is 1.87. The van der Waals surface area contributed by atoms with Gasteiger partial charge in [0.1, 0.15) is 17.5 Å². The van der Waals surface area contributed by atoms with Gasteiger partial charge in [0, 0.05) is 19.2 Å². The maximum absolute atomic E-state index is 4.40.